The van der Waals surface area contributed by atoms with Crippen molar-refractivity contribution in [1.29, 1.82) is 0 Å². The van der Waals surface area contributed by atoms with E-state index < -0.39 is 38.3 Å². The molecule has 0 aliphatic carbocycles. The summed E-state index contributed by atoms with van der Waals surface area (Å²) in [6.07, 6.45) is 6.91. The molecule has 3 aliphatic heterocycles. The molecular weight excluding hydrogens is 1020 g/mol. The van der Waals surface area contributed by atoms with Crippen LogP contribution in [0.3, 0.4) is 0 Å². The molecule has 0 amide bonds. The monoisotopic (exact) mass is 1130 g/mol. The molecule has 3 rings (SSSR count). The lowest BCUT2D eigenvalue weighted by molar-refractivity contribution is -0.0390. The third kappa shape index (κ3) is 14.2. The van der Waals surface area contributed by atoms with E-state index in [1.54, 1.807) is 0 Å². The van der Waals surface area contributed by atoms with Crippen molar-refractivity contribution in [1.82, 2.24) is 48.8 Å². The van der Waals surface area contributed by atoms with Gasteiger partial charge in [-0.2, -0.15) is 0 Å². The van der Waals surface area contributed by atoms with Gasteiger partial charge in [-0.05, 0) is 164 Å². The maximum absolute atomic E-state index is 9.75. The summed E-state index contributed by atoms with van der Waals surface area (Å²) in [6, 6.07) is 1.18. The topological polar surface area (TPSA) is 69.5 Å². The summed E-state index contributed by atoms with van der Waals surface area (Å²) >= 11 is 0. The molecule has 6 unspecified atom stereocenters. The van der Waals surface area contributed by atoms with Gasteiger partial charge < -0.3 is 17.3 Å². The zero-order valence-electron chi connectivity index (χ0n) is 51.3. The molecule has 3 aliphatic rings. The average Bonchev–Trinajstić information content (AvgIpc) is 4.05. The van der Waals surface area contributed by atoms with Crippen molar-refractivity contribution < 1.29 is 17.3 Å². The summed E-state index contributed by atoms with van der Waals surface area (Å²) in [4.78, 5) is 25.8. The number of halogens is 4. The second-order valence-corrected chi connectivity index (χ2v) is 29.0. The fraction of sp³-hybridized carbons (Fsp3) is 1.00. The molecule has 74 heavy (non-hydrogen) atoms. The van der Waals surface area contributed by atoms with Crippen LogP contribution >= 0.6 is 31.0 Å². The van der Waals surface area contributed by atoms with Crippen molar-refractivity contribution in [2.24, 2.45) is 13.5 Å². The molecule has 3 saturated heterocycles. The zero-order chi connectivity index (χ0) is 56.2. The van der Waals surface area contributed by atoms with Gasteiger partial charge in [0.2, 0.25) is 0 Å². The first-order valence-corrected chi connectivity index (χ1v) is 36.1. The molecule has 22 heteroatoms. The third-order valence-electron chi connectivity index (χ3n) is 17.2. The van der Waals surface area contributed by atoms with Gasteiger partial charge in [-0.1, -0.05) is 125 Å². The van der Waals surface area contributed by atoms with Gasteiger partial charge in [0.15, 0.2) is 0 Å². The molecular formula is C52H115BF4N13P4. The lowest BCUT2D eigenvalue weighted by atomic mass is 10.1. The number of rotatable bonds is 33. The molecule has 439 valence electrons. The van der Waals surface area contributed by atoms with Crippen molar-refractivity contribution in [3.63, 3.8) is 0 Å². The standard InChI is InChI=1S/C52H115N13P4.BF4/c1-21-56(22-2)47-41-44-66(50(47,59(27-7)28-8)60(29-9)30-10)53-69(65(39-19)40-20,54-67-45-42-48(57(23-3)24-4)51(67,61(31-11)32-12)62(33-13)34-14)55-68-46-43-49(58(25-5)26-6)52(68,63(35-15)36-16)64(37-17)38-18;2-1(3,4)5/h47-49H,21-46H2,1-20H3;/q+1;-1. The largest absolute Gasteiger partial charge is 0.673 e. The van der Waals surface area contributed by atoms with E-state index in [1.807, 2.05) is 0 Å². The summed E-state index contributed by atoms with van der Waals surface area (Å²) in [6.45, 7) is 68.7. The van der Waals surface area contributed by atoms with E-state index in [0.717, 1.165) is 149 Å². The van der Waals surface area contributed by atoms with Gasteiger partial charge in [0.1, 0.15) is 16.2 Å². The van der Waals surface area contributed by atoms with E-state index >= 15 is 0 Å². The lowest BCUT2D eigenvalue weighted by Gasteiger charge is -2.54. The molecule has 3 heterocycles. The molecule has 0 aromatic carbocycles. The first-order chi connectivity index (χ1) is 35.3. The molecule has 3 radical (unpaired) electrons. The van der Waals surface area contributed by atoms with Crippen molar-refractivity contribution in [2.45, 2.75) is 192 Å². The third-order valence-corrected chi connectivity index (χ3v) is 31.0. The first-order valence-electron chi connectivity index (χ1n) is 30.1. The van der Waals surface area contributed by atoms with Crippen LogP contribution in [0.4, 0.5) is 17.3 Å². The normalized spacial score (nSPS) is 23.6. The Hall–Kier alpha value is 0.115. The molecule has 0 saturated carbocycles. The molecule has 0 bridgehead atoms. The molecule has 3 fully saturated rings. The Morgan fingerprint density at radius 1 is 0.338 bits per heavy atom. The first kappa shape index (κ1) is 70.2. The Bertz CT molecular complexity index is 1450. The lowest BCUT2D eigenvalue weighted by Crippen LogP contribution is -2.66. The highest BCUT2D eigenvalue weighted by molar-refractivity contribution is 7.81. The van der Waals surface area contributed by atoms with Crippen molar-refractivity contribution in [2.75, 3.05) is 149 Å². The van der Waals surface area contributed by atoms with Gasteiger partial charge in [-0.3, -0.25) is 44.1 Å². The van der Waals surface area contributed by atoms with E-state index in [2.05, 4.69) is 187 Å². The number of hydrogen-bond donors (Lipinski definition) is 0. The molecule has 13 nitrogen and oxygen atoms in total. The average molecular weight is 1130 g/mol. The van der Waals surface area contributed by atoms with Crippen LogP contribution < -0.4 is 0 Å². The maximum Gasteiger partial charge on any atom is 0.673 e. The van der Waals surface area contributed by atoms with Crippen LogP contribution in [0.1, 0.15) is 158 Å². The SMILES string of the molecule is CCN(CC)C1CC[P](=N[P+](N=[P]2CCC(N(CC)CC)C2(N(CC)CC)N(CC)CC)(N=[P]2CCC(N(CC)CC)C2(N(CC)CC)N(CC)CC)N(CC)CC)C1(N(CC)CC)N(CC)CC.F[B-](F)(F)F. The van der Waals surface area contributed by atoms with Crippen LogP contribution in [0, 0.1) is 0 Å². The molecule has 0 aromatic rings. The van der Waals surface area contributed by atoms with Gasteiger partial charge in [0, 0.05) is 54.7 Å². The second kappa shape index (κ2) is 33.1. The molecule has 0 N–H and O–H groups in total. The van der Waals surface area contributed by atoms with Gasteiger partial charge in [-0.15, -0.1) is 4.67 Å². The summed E-state index contributed by atoms with van der Waals surface area (Å²) < 4.78 is 62.7. The summed E-state index contributed by atoms with van der Waals surface area (Å²) in [7, 11) is -11.9. The Kier molecular flexibility index (Phi) is 31.4. The van der Waals surface area contributed by atoms with E-state index in [4.69, 9.17) is 13.5 Å². The zero-order valence-corrected chi connectivity index (χ0v) is 54.9. The van der Waals surface area contributed by atoms with Crippen LogP contribution in [-0.2, 0) is 0 Å². The highest BCUT2D eigenvalue weighted by Gasteiger charge is 2.65. The van der Waals surface area contributed by atoms with Gasteiger partial charge in [-0.25, -0.2) is 0 Å². The van der Waals surface area contributed by atoms with Crippen molar-refractivity contribution in [3.05, 3.63) is 0 Å². The Morgan fingerprint density at radius 3 is 0.649 bits per heavy atom. The van der Waals surface area contributed by atoms with Crippen LogP contribution in [0.2, 0.25) is 0 Å². The minimum Gasteiger partial charge on any atom is -0.418 e. The minimum absolute atomic E-state index is 0.207. The fourth-order valence-electron chi connectivity index (χ4n) is 14.2. The van der Waals surface area contributed by atoms with Crippen LogP contribution in [0.15, 0.2) is 13.5 Å². The number of hydrogen-bond acceptors (Lipinski definition) is 13. The minimum atomic E-state index is -6.00. The van der Waals surface area contributed by atoms with Gasteiger partial charge >= 0.3 is 15.1 Å². The molecule has 6 atom stereocenters. The van der Waals surface area contributed by atoms with E-state index in [-0.39, 0.29) is 16.2 Å². The summed E-state index contributed by atoms with van der Waals surface area (Å²) in [5.74, 6) is 0. The number of likely N-dealkylation sites (N-methyl/N-ethyl adjacent to an activating group) is 9. The Balaban J connectivity index is 0.00000356. The van der Waals surface area contributed by atoms with Gasteiger partial charge in [0.05, 0.1) is 18.1 Å². The predicted octanol–water partition coefficient (Wildman–Crippen LogP) is 13.7. The Labute approximate surface area is 457 Å². The van der Waals surface area contributed by atoms with Crippen molar-refractivity contribution >= 4 is 38.3 Å². The Morgan fingerprint density at radius 2 is 0.514 bits per heavy atom. The quantitative estimate of drug-likeness (QED) is 0.0275. The van der Waals surface area contributed by atoms with Crippen LogP contribution in [0.5, 0.6) is 0 Å². The second-order valence-electron chi connectivity index (χ2n) is 19.5. The van der Waals surface area contributed by atoms with Crippen molar-refractivity contribution in [3.8, 4) is 0 Å². The van der Waals surface area contributed by atoms with E-state index in [0.29, 0.717) is 18.1 Å². The smallest absolute Gasteiger partial charge is 0.418 e. The molecule has 0 aromatic heterocycles. The molecule has 0 spiro atoms. The van der Waals surface area contributed by atoms with Crippen LogP contribution in [-0.4, -0.2) is 240 Å². The predicted molar refractivity (Wildman–Crippen MR) is 322 cm³/mol. The fourth-order valence-corrected chi connectivity index (χ4v) is 31.8. The van der Waals surface area contributed by atoms with E-state index in [9.17, 15) is 17.3 Å². The maximum atomic E-state index is 9.75. The highest BCUT2D eigenvalue weighted by atomic mass is 31.2. The highest BCUT2D eigenvalue weighted by Crippen LogP contribution is 2.81. The van der Waals surface area contributed by atoms with E-state index in [1.165, 1.54) is 19.3 Å². The van der Waals surface area contributed by atoms with Crippen LogP contribution in [0.25, 0.3) is 0 Å². The summed E-state index contributed by atoms with van der Waals surface area (Å²) in [5, 5.41) is -0.622. The number of nitrogens with zero attached hydrogens (tertiary/aromatic N) is 13. The summed E-state index contributed by atoms with van der Waals surface area (Å²) in [5.41, 5.74) is 0. The van der Waals surface area contributed by atoms with Gasteiger partial charge in [0.25, 0.3) is 0 Å².